The number of nitrogens with zero attached hydrogens (tertiary/aromatic N) is 2. The van der Waals surface area contributed by atoms with Gasteiger partial charge in [-0.2, -0.15) is 0 Å². The van der Waals surface area contributed by atoms with Gasteiger partial charge in [-0.1, -0.05) is 30.3 Å². The number of benzene rings is 1. The van der Waals surface area contributed by atoms with Crippen LogP contribution in [0.4, 0.5) is 5.13 Å². The van der Waals surface area contributed by atoms with Gasteiger partial charge in [-0.05, 0) is 12.5 Å². The summed E-state index contributed by atoms with van der Waals surface area (Å²) in [6.07, 6.45) is 1.63. The quantitative estimate of drug-likeness (QED) is 0.750. The average molecular weight is 333 g/mol. The number of carbonyl (C=O) groups is 2. The smallest absolute Gasteiger partial charge is 0.320 e. The van der Waals surface area contributed by atoms with Gasteiger partial charge in [0.1, 0.15) is 0 Å². The van der Waals surface area contributed by atoms with E-state index in [-0.39, 0.29) is 25.0 Å². The molecular weight excluding hydrogens is 314 g/mol. The van der Waals surface area contributed by atoms with Crippen molar-refractivity contribution in [2.75, 3.05) is 25.0 Å². The zero-order chi connectivity index (χ0) is 16.5. The van der Waals surface area contributed by atoms with Gasteiger partial charge in [-0.15, -0.1) is 11.3 Å². The topological polar surface area (TPSA) is 71.5 Å². The average Bonchev–Trinajstić information content (AvgIpc) is 3.01. The first-order chi connectivity index (χ1) is 11.2. The molecule has 7 heteroatoms. The minimum atomic E-state index is -0.342. The molecule has 1 aromatic carbocycles. The second kappa shape index (κ2) is 9.02. The largest absolute Gasteiger partial charge is 0.465 e. The molecule has 0 unspecified atom stereocenters. The molecule has 1 aromatic heterocycles. The Morgan fingerprint density at radius 2 is 2.04 bits per heavy atom. The summed E-state index contributed by atoms with van der Waals surface area (Å²) in [6, 6.07) is 9.68. The van der Waals surface area contributed by atoms with Crippen LogP contribution in [0.2, 0.25) is 0 Å². The second-order valence-corrected chi connectivity index (χ2v) is 5.72. The van der Waals surface area contributed by atoms with Crippen molar-refractivity contribution in [2.24, 2.45) is 0 Å². The van der Waals surface area contributed by atoms with E-state index in [0.29, 0.717) is 18.3 Å². The zero-order valence-corrected chi connectivity index (χ0v) is 13.7. The first-order valence-electron chi connectivity index (χ1n) is 7.28. The maximum absolute atomic E-state index is 12.1. The lowest BCUT2D eigenvalue weighted by molar-refractivity contribution is -0.144. The predicted octanol–water partition coefficient (Wildman–Crippen LogP) is 2.15. The fourth-order valence-electron chi connectivity index (χ4n) is 2.05. The van der Waals surface area contributed by atoms with Gasteiger partial charge in [-0.3, -0.25) is 14.5 Å². The Morgan fingerprint density at radius 1 is 1.26 bits per heavy atom. The zero-order valence-electron chi connectivity index (χ0n) is 12.9. The van der Waals surface area contributed by atoms with Crippen molar-refractivity contribution in [3.8, 4) is 0 Å². The molecule has 0 saturated heterocycles. The molecule has 2 rings (SSSR count). The first kappa shape index (κ1) is 17.1. The third kappa shape index (κ3) is 6.17. The van der Waals surface area contributed by atoms with Crippen molar-refractivity contribution in [3.05, 3.63) is 47.5 Å². The molecular formula is C16H19N3O3S. The van der Waals surface area contributed by atoms with Crippen molar-refractivity contribution in [2.45, 2.75) is 13.5 Å². The van der Waals surface area contributed by atoms with E-state index < -0.39 is 0 Å². The summed E-state index contributed by atoms with van der Waals surface area (Å²) in [4.78, 5) is 29.6. The van der Waals surface area contributed by atoms with Crippen LogP contribution in [0, 0.1) is 0 Å². The SMILES string of the molecule is CCOC(=O)CN(CC(=O)Nc1nccs1)Cc1ccccc1. The molecule has 0 bridgehead atoms. The molecule has 0 radical (unpaired) electrons. The van der Waals surface area contributed by atoms with Gasteiger partial charge in [0.05, 0.1) is 19.7 Å². The van der Waals surface area contributed by atoms with Crippen LogP contribution in [0.5, 0.6) is 0 Å². The highest BCUT2D eigenvalue weighted by molar-refractivity contribution is 7.13. The Hall–Kier alpha value is -2.25. The van der Waals surface area contributed by atoms with E-state index >= 15 is 0 Å². The molecule has 0 aliphatic carbocycles. The number of nitrogens with one attached hydrogen (secondary N) is 1. The Kier molecular flexibility index (Phi) is 6.71. The van der Waals surface area contributed by atoms with E-state index in [2.05, 4.69) is 10.3 Å². The second-order valence-electron chi connectivity index (χ2n) is 4.82. The first-order valence-corrected chi connectivity index (χ1v) is 8.16. The molecule has 2 aromatic rings. The van der Waals surface area contributed by atoms with Crippen LogP contribution < -0.4 is 5.32 Å². The summed E-state index contributed by atoms with van der Waals surface area (Å²) in [7, 11) is 0. The molecule has 0 fully saturated rings. The van der Waals surface area contributed by atoms with Gasteiger partial charge < -0.3 is 10.1 Å². The number of thiazole rings is 1. The molecule has 0 atom stereocenters. The third-order valence-electron chi connectivity index (χ3n) is 2.95. The van der Waals surface area contributed by atoms with Crippen LogP contribution in [-0.4, -0.2) is 41.5 Å². The highest BCUT2D eigenvalue weighted by atomic mass is 32.1. The van der Waals surface area contributed by atoms with E-state index in [4.69, 9.17) is 4.74 Å². The number of amides is 1. The number of ether oxygens (including phenoxy) is 1. The standard InChI is InChI=1S/C16H19N3O3S/c1-2-22-15(21)12-19(10-13-6-4-3-5-7-13)11-14(20)18-16-17-8-9-23-16/h3-9H,2,10-12H2,1H3,(H,17,18,20). The number of carbonyl (C=O) groups excluding carboxylic acids is 2. The number of hydrogen-bond donors (Lipinski definition) is 1. The van der Waals surface area contributed by atoms with Crippen LogP contribution in [0.1, 0.15) is 12.5 Å². The molecule has 6 nitrogen and oxygen atoms in total. The summed E-state index contributed by atoms with van der Waals surface area (Å²) in [5.74, 6) is -0.550. The van der Waals surface area contributed by atoms with Gasteiger partial charge in [0.15, 0.2) is 5.13 Å². The molecule has 122 valence electrons. The maximum atomic E-state index is 12.1. The summed E-state index contributed by atoms with van der Waals surface area (Å²) in [5.41, 5.74) is 1.03. The summed E-state index contributed by atoms with van der Waals surface area (Å²) in [6.45, 7) is 2.73. The molecule has 0 saturated carbocycles. The van der Waals surface area contributed by atoms with Crippen molar-refractivity contribution in [3.63, 3.8) is 0 Å². The molecule has 0 spiro atoms. The number of rotatable bonds is 8. The van der Waals surface area contributed by atoms with Gasteiger partial charge in [0, 0.05) is 18.1 Å². The third-order valence-corrected chi connectivity index (χ3v) is 3.64. The van der Waals surface area contributed by atoms with Gasteiger partial charge in [-0.25, -0.2) is 4.98 Å². The van der Waals surface area contributed by atoms with Crippen molar-refractivity contribution < 1.29 is 14.3 Å². The Morgan fingerprint density at radius 3 is 2.70 bits per heavy atom. The number of esters is 1. The van der Waals surface area contributed by atoms with Crippen LogP contribution >= 0.6 is 11.3 Å². The number of anilines is 1. The highest BCUT2D eigenvalue weighted by Crippen LogP contribution is 2.11. The number of aromatic nitrogens is 1. The normalized spacial score (nSPS) is 10.5. The van der Waals surface area contributed by atoms with Crippen LogP contribution in [0.3, 0.4) is 0 Å². The Balaban J connectivity index is 1.97. The molecule has 0 aliphatic heterocycles. The Labute approximate surface area is 139 Å². The summed E-state index contributed by atoms with van der Waals surface area (Å²) >= 11 is 1.35. The fraction of sp³-hybridized carbons (Fsp3) is 0.312. The summed E-state index contributed by atoms with van der Waals surface area (Å²) in [5, 5.41) is 5.05. The van der Waals surface area contributed by atoms with E-state index in [1.807, 2.05) is 30.3 Å². The lowest BCUT2D eigenvalue weighted by atomic mass is 10.2. The monoisotopic (exact) mass is 333 g/mol. The number of hydrogen-bond acceptors (Lipinski definition) is 6. The van der Waals surface area contributed by atoms with Crippen LogP contribution in [0.15, 0.2) is 41.9 Å². The fourth-order valence-corrected chi connectivity index (χ4v) is 2.59. The van der Waals surface area contributed by atoms with Gasteiger partial charge in [0.2, 0.25) is 5.91 Å². The van der Waals surface area contributed by atoms with Crippen molar-refractivity contribution in [1.82, 2.24) is 9.88 Å². The summed E-state index contributed by atoms with van der Waals surface area (Å²) < 4.78 is 4.97. The molecule has 1 amide bonds. The van der Waals surface area contributed by atoms with E-state index in [0.717, 1.165) is 5.56 Å². The van der Waals surface area contributed by atoms with Crippen LogP contribution in [-0.2, 0) is 20.9 Å². The van der Waals surface area contributed by atoms with E-state index in [1.54, 1.807) is 23.4 Å². The minimum absolute atomic E-state index is 0.0635. The lowest BCUT2D eigenvalue weighted by Gasteiger charge is -2.20. The molecule has 1 N–H and O–H groups in total. The lowest BCUT2D eigenvalue weighted by Crippen LogP contribution is -2.37. The van der Waals surface area contributed by atoms with Crippen LogP contribution in [0.25, 0.3) is 0 Å². The minimum Gasteiger partial charge on any atom is -0.465 e. The van der Waals surface area contributed by atoms with Crippen molar-refractivity contribution >= 4 is 28.3 Å². The van der Waals surface area contributed by atoms with Gasteiger partial charge in [0.25, 0.3) is 0 Å². The van der Waals surface area contributed by atoms with E-state index in [9.17, 15) is 9.59 Å². The maximum Gasteiger partial charge on any atom is 0.320 e. The molecule has 23 heavy (non-hydrogen) atoms. The van der Waals surface area contributed by atoms with Crippen molar-refractivity contribution in [1.29, 1.82) is 0 Å². The van der Waals surface area contributed by atoms with E-state index in [1.165, 1.54) is 11.3 Å². The molecule has 1 heterocycles. The molecule has 0 aliphatic rings. The predicted molar refractivity (Wildman–Crippen MR) is 89.1 cm³/mol. The highest BCUT2D eigenvalue weighted by Gasteiger charge is 2.16. The van der Waals surface area contributed by atoms with Gasteiger partial charge >= 0.3 is 5.97 Å². The Bertz CT molecular complexity index is 617.